The molecule has 0 unspecified atom stereocenters. The summed E-state index contributed by atoms with van der Waals surface area (Å²) in [5, 5.41) is 9.20. The quantitative estimate of drug-likeness (QED) is 0.877. The van der Waals surface area contributed by atoms with Gasteiger partial charge in [-0.25, -0.2) is 0 Å². The Morgan fingerprint density at radius 1 is 1.05 bits per heavy atom. The number of benzene rings is 2. The van der Waals surface area contributed by atoms with Crippen molar-refractivity contribution in [1.29, 1.82) is 0 Å². The molecule has 0 spiro atoms. The van der Waals surface area contributed by atoms with Crippen LogP contribution < -0.4 is 0 Å². The zero-order valence-electron chi connectivity index (χ0n) is 11.6. The number of hydrogen-bond acceptors (Lipinski definition) is 2. The van der Waals surface area contributed by atoms with Crippen LogP contribution in [-0.4, -0.2) is 35.1 Å². The zero-order valence-corrected chi connectivity index (χ0v) is 11.6. The van der Waals surface area contributed by atoms with Crippen LogP contribution in [0.1, 0.15) is 5.56 Å². The van der Waals surface area contributed by atoms with E-state index in [0.717, 1.165) is 16.7 Å². The second-order valence-corrected chi connectivity index (χ2v) is 5.22. The van der Waals surface area contributed by atoms with Gasteiger partial charge in [-0.15, -0.1) is 0 Å². The van der Waals surface area contributed by atoms with Gasteiger partial charge in [0.15, 0.2) is 0 Å². The Hall–Kier alpha value is -2.39. The van der Waals surface area contributed by atoms with Crippen molar-refractivity contribution in [3.8, 4) is 11.1 Å². The number of hydrogen-bond donors (Lipinski definition) is 1. The van der Waals surface area contributed by atoms with Gasteiger partial charge in [-0.05, 0) is 28.8 Å². The van der Waals surface area contributed by atoms with Crippen LogP contribution in [0.25, 0.3) is 17.2 Å². The van der Waals surface area contributed by atoms with Gasteiger partial charge in [-0.3, -0.25) is 4.79 Å². The molecule has 0 aliphatic carbocycles. The number of rotatable bonds is 3. The van der Waals surface area contributed by atoms with E-state index in [1.165, 1.54) is 0 Å². The van der Waals surface area contributed by atoms with E-state index in [1.807, 2.05) is 36.4 Å². The van der Waals surface area contributed by atoms with E-state index in [9.17, 15) is 9.90 Å². The summed E-state index contributed by atoms with van der Waals surface area (Å²) in [4.78, 5) is 13.5. The Balaban J connectivity index is 1.73. The molecule has 0 radical (unpaired) electrons. The van der Waals surface area contributed by atoms with Crippen LogP contribution in [0.4, 0.5) is 0 Å². The van der Waals surface area contributed by atoms with Gasteiger partial charge < -0.3 is 10.0 Å². The molecule has 3 rings (SSSR count). The van der Waals surface area contributed by atoms with E-state index in [-0.39, 0.29) is 12.0 Å². The fraction of sp³-hybridized carbons (Fsp3) is 0.167. The average Bonchev–Trinajstić information content (AvgIpc) is 2.51. The summed E-state index contributed by atoms with van der Waals surface area (Å²) in [6.45, 7) is 0.875. The number of β-amino-alcohol motifs (C(OH)–C–C–N with tert-alkyl or cyclic N) is 1. The lowest BCUT2D eigenvalue weighted by Crippen LogP contribution is -2.52. The van der Waals surface area contributed by atoms with E-state index < -0.39 is 0 Å². The van der Waals surface area contributed by atoms with Crippen molar-refractivity contribution in [3.63, 3.8) is 0 Å². The van der Waals surface area contributed by atoms with Gasteiger partial charge in [0.2, 0.25) is 5.91 Å². The lowest BCUT2D eigenvalue weighted by atomic mass is 10.0. The first kappa shape index (κ1) is 13.6. The molecular formula is C18H17NO2. The molecule has 1 aliphatic rings. The van der Waals surface area contributed by atoms with Crippen molar-refractivity contribution in [2.45, 2.75) is 6.10 Å². The third kappa shape index (κ3) is 3.20. The fourth-order valence-corrected chi connectivity index (χ4v) is 2.36. The van der Waals surface area contributed by atoms with E-state index in [0.29, 0.717) is 13.1 Å². The van der Waals surface area contributed by atoms with Crippen molar-refractivity contribution >= 4 is 12.0 Å². The Morgan fingerprint density at radius 2 is 1.76 bits per heavy atom. The van der Waals surface area contributed by atoms with Crippen LogP contribution in [0.3, 0.4) is 0 Å². The number of aliphatic hydroxyl groups excluding tert-OH is 1. The first-order valence-electron chi connectivity index (χ1n) is 7.03. The summed E-state index contributed by atoms with van der Waals surface area (Å²) in [6.07, 6.45) is 3.03. The topological polar surface area (TPSA) is 40.5 Å². The largest absolute Gasteiger partial charge is 0.389 e. The molecule has 106 valence electrons. The maximum Gasteiger partial charge on any atom is 0.246 e. The first-order chi connectivity index (χ1) is 10.2. The molecule has 1 heterocycles. The number of carbonyl (C=O) groups excluding carboxylic acids is 1. The Labute approximate surface area is 124 Å². The van der Waals surface area contributed by atoms with Crippen LogP contribution in [0, 0.1) is 0 Å². The molecule has 3 heteroatoms. The van der Waals surface area contributed by atoms with E-state index in [2.05, 4.69) is 24.3 Å². The molecule has 1 saturated heterocycles. The molecule has 2 aromatic rings. The number of amides is 1. The Bertz CT molecular complexity index is 658. The van der Waals surface area contributed by atoms with Gasteiger partial charge in [0, 0.05) is 19.2 Å². The van der Waals surface area contributed by atoms with Crippen molar-refractivity contribution in [2.24, 2.45) is 0 Å². The molecule has 1 N–H and O–H groups in total. The normalized spacial score (nSPS) is 15.2. The molecular weight excluding hydrogens is 262 g/mol. The highest BCUT2D eigenvalue weighted by Crippen LogP contribution is 2.20. The third-order valence-corrected chi connectivity index (χ3v) is 3.59. The highest BCUT2D eigenvalue weighted by atomic mass is 16.3. The molecule has 1 amide bonds. The van der Waals surface area contributed by atoms with Crippen LogP contribution >= 0.6 is 0 Å². The van der Waals surface area contributed by atoms with Crippen molar-refractivity contribution in [1.82, 2.24) is 4.90 Å². The Morgan fingerprint density at radius 3 is 2.48 bits per heavy atom. The SMILES string of the molecule is O=C(/C=C/c1cccc(-c2ccccc2)c1)N1CC(O)C1. The lowest BCUT2D eigenvalue weighted by molar-refractivity contribution is -0.135. The molecule has 0 saturated carbocycles. The summed E-state index contributed by atoms with van der Waals surface area (Å²) in [6, 6.07) is 18.2. The summed E-state index contributed by atoms with van der Waals surface area (Å²) in [5.41, 5.74) is 3.28. The van der Waals surface area contributed by atoms with Gasteiger partial charge in [-0.1, -0.05) is 48.5 Å². The number of likely N-dealkylation sites (tertiary alicyclic amines) is 1. The highest BCUT2D eigenvalue weighted by Gasteiger charge is 2.26. The lowest BCUT2D eigenvalue weighted by Gasteiger charge is -2.34. The zero-order chi connectivity index (χ0) is 14.7. The van der Waals surface area contributed by atoms with Crippen molar-refractivity contribution in [2.75, 3.05) is 13.1 Å². The molecule has 2 aromatic carbocycles. The smallest absolute Gasteiger partial charge is 0.246 e. The molecule has 1 fully saturated rings. The van der Waals surface area contributed by atoms with Crippen LogP contribution in [-0.2, 0) is 4.79 Å². The number of carbonyl (C=O) groups is 1. The van der Waals surface area contributed by atoms with Crippen molar-refractivity contribution in [3.05, 3.63) is 66.2 Å². The first-order valence-corrected chi connectivity index (χ1v) is 7.03. The van der Waals surface area contributed by atoms with E-state index in [4.69, 9.17) is 0 Å². The minimum Gasteiger partial charge on any atom is -0.389 e. The summed E-state index contributed by atoms with van der Waals surface area (Å²) < 4.78 is 0. The van der Waals surface area contributed by atoms with Crippen LogP contribution in [0.15, 0.2) is 60.7 Å². The summed E-state index contributed by atoms with van der Waals surface area (Å²) in [5.74, 6) is -0.0505. The molecule has 0 atom stereocenters. The second kappa shape index (κ2) is 5.94. The van der Waals surface area contributed by atoms with Crippen LogP contribution in [0.5, 0.6) is 0 Å². The summed E-state index contributed by atoms with van der Waals surface area (Å²) >= 11 is 0. The Kier molecular flexibility index (Phi) is 3.84. The number of aliphatic hydroxyl groups is 1. The standard InChI is InChI=1S/C18H17NO2/c20-17-12-19(13-17)18(21)10-9-14-5-4-8-16(11-14)15-6-2-1-3-7-15/h1-11,17,20H,12-13H2/b10-9+. The number of nitrogens with zero attached hydrogens (tertiary/aromatic N) is 1. The van der Waals surface area contributed by atoms with E-state index >= 15 is 0 Å². The van der Waals surface area contributed by atoms with E-state index in [1.54, 1.807) is 11.0 Å². The highest BCUT2D eigenvalue weighted by molar-refractivity contribution is 5.92. The molecule has 0 bridgehead atoms. The van der Waals surface area contributed by atoms with Crippen LogP contribution in [0.2, 0.25) is 0 Å². The van der Waals surface area contributed by atoms with Gasteiger partial charge in [0.1, 0.15) is 0 Å². The minimum atomic E-state index is -0.358. The van der Waals surface area contributed by atoms with Crippen molar-refractivity contribution < 1.29 is 9.90 Å². The second-order valence-electron chi connectivity index (χ2n) is 5.22. The predicted molar refractivity (Wildman–Crippen MR) is 83.5 cm³/mol. The average molecular weight is 279 g/mol. The monoisotopic (exact) mass is 279 g/mol. The summed E-state index contributed by atoms with van der Waals surface area (Å²) in [7, 11) is 0. The van der Waals surface area contributed by atoms with Gasteiger partial charge in [-0.2, -0.15) is 0 Å². The predicted octanol–water partition coefficient (Wildman–Crippen LogP) is 2.57. The molecule has 0 aromatic heterocycles. The molecule has 1 aliphatic heterocycles. The third-order valence-electron chi connectivity index (χ3n) is 3.59. The molecule has 21 heavy (non-hydrogen) atoms. The van der Waals surface area contributed by atoms with Gasteiger partial charge in [0.25, 0.3) is 0 Å². The van der Waals surface area contributed by atoms with Gasteiger partial charge >= 0.3 is 0 Å². The maximum atomic E-state index is 11.8. The maximum absolute atomic E-state index is 11.8. The fourth-order valence-electron chi connectivity index (χ4n) is 2.36. The minimum absolute atomic E-state index is 0.0505. The molecule has 3 nitrogen and oxygen atoms in total. The van der Waals surface area contributed by atoms with Gasteiger partial charge in [0.05, 0.1) is 6.10 Å².